The number of hydrogen-bond donors (Lipinski definition) is 0. The molecule has 6 aromatic carbocycles. The molecule has 0 unspecified atom stereocenters. The van der Waals surface area contributed by atoms with Crippen LogP contribution in [-0.2, 0) is 10.7 Å². The van der Waals surface area contributed by atoms with Crippen LogP contribution in [0.4, 0.5) is 0 Å². The van der Waals surface area contributed by atoms with Crippen molar-refractivity contribution in [1.29, 1.82) is 0 Å². The second kappa shape index (κ2) is 13.7. The van der Waals surface area contributed by atoms with Gasteiger partial charge in [0, 0.05) is 32.9 Å². The van der Waals surface area contributed by atoms with Crippen LogP contribution in [0.1, 0.15) is 11.1 Å². The summed E-state index contributed by atoms with van der Waals surface area (Å²) in [4.78, 5) is 0. The first-order valence-corrected chi connectivity index (χ1v) is 16.8. The zero-order chi connectivity index (χ0) is 30.5. The Morgan fingerprint density at radius 1 is 0.409 bits per heavy atom. The largest absolute Gasteiger partial charge is 0.495 e. The summed E-state index contributed by atoms with van der Waals surface area (Å²) in [6.07, 6.45) is 0. The number of hydrogen-bond acceptors (Lipinski definition) is 2. The molecule has 2 nitrogen and oxygen atoms in total. The summed E-state index contributed by atoms with van der Waals surface area (Å²) >= 11 is 7.82. The average molecular weight is 705 g/mol. The quantitative estimate of drug-likeness (QED) is 0.140. The van der Waals surface area contributed by atoms with Gasteiger partial charge in [0.05, 0.1) is 14.2 Å². The van der Waals surface area contributed by atoms with Crippen molar-refractivity contribution in [3.05, 3.63) is 145 Å². The van der Waals surface area contributed by atoms with E-state index in [0.717, 1.165) is 78.3 Å². The first kappa shape index (κ1) is 29.9. The van der Waals surface area contributed by atoms with Crippen LogP contribution in [0.2, 0.25) is 0 Å². The van der Waals surface area contributed by atoms with Crippen molar-refractivity contribution in [3.63, 3.8) is 0 Å². The van der Waals surface area contributed by atoms with E-state index in [4.69, 9.17) is 9.47 Å². The Morgan fingerprint density at radius 2 is 0.682 bits per heavy atom. The van der Waals surface area contributed by atoms with Crippen LogP contribution in [0.25, 0.3) is 55.6 Å². The van der Waals surface area contributed by atoms with Crippen LogP contribution in [0.5, 0.6) is 11.5 Å². The lowest BCUT2D eigenvalue weighted by molar-refractivity contribution is 0.411. The van der Waals surface area contributed by atoms with E-state index in [9.17, 15) is 0 Å². The molecule has 0 aromatic heterocycles. The molecule has 0 atom stereocenters. The van der Waals surface area contributed by atoms with Crippen LogP contribution in [-0.4, -0.2) is 14.2 Å². The maximum atomic E-state index is 6.42. The molecule has 218 valence electrons. The molecule has 4 heteroatoms. The molecule has 0 radical (unpaired) electrons. The number of methoxy groups -OCH3 is 2. The Labute approximate surface area is 276 Å². The van der Waals surface area contributed by atoms with Gasteiger partial charge in [-0.05, 0) is 56.6 Å². The standard InChI is InChI=1S/C40H32Br2O2/c1-43-39-33(29-19-11-5-12-20-29)23-31(27-15-7-3-8-16-27)35(25-41)37(39)38-36(26-42)32(28-17-9-4-10-18-28)24-34(40(38)44-2)30-21-13-6-14-22-30/h3-24H,25-26H2,1-2H3. The highest BCUT2D eigenvalue weighted by atomic mass is 79.9. The third-order valence-corrected chi connectivity index (χ3v) is 9.16. The molecule has 44 heavy (non-hydrogen) atoms. The van der Waals surface area contributed by atoms with Crippen LogP contribution in [0.15, 0.2) is 133 Å². The monoisotopic (exact) mass is 702 g/mol. The van der Waals surface area contributed by atoms with Gasteiger partial charge in [0.15, 0.2) is 0 Å². The molecule has 0 saturated heterocycles. The third kappa shape index (κ3) is 5.60. The molecule has 0 aliphatic carbocycles. The zero-order valence-electron chi connectivity index (χ0n) is 24.7. The molecule has 0 heterocycles. The third-order valence-electron chi connectivity index (χ3n) is 8.04. The van der Waals surface area contributed by atoms with E-state index in [1.54, 1.807) is 14.2 Å². The Balaban J connectivity index is 1.84. The molecule has 0 saturated carbocycles. The summed E-state index contributed by atoms with van der Waals surface area (Å²) in [6, 6.07) is 46.6. The van der Waals surface area contributed by atoms with E-state index < -0.39 is 0 Å². The molecule has 0 spiro atoms. The van der Waals surface area contributed by atoms with Crippen LogP contribution in [0, 0.1) is 0 Å². The molecule has 0 bridgehead atoms. The van der Waals surface area contributed by atoms with Crippen molar-refractivity contribution in [2.24, 2.45) is 0 Å². The fraction of sp³-hybridized carbons (Fsp3) is 0.100. The van der Waals surface area contributed by atoms with E-state index in [0.29, 0.717) is 10.7 Å². The Bertz CT molecular complexity index is 1600. The second-order valence-corrected chi connectivity index (χ2v) is 11.6. The van der Waals surface area contributed by atoms with Crippen molar-refractivity contribution in [2.75, 3.05) is 14.2 Å². The van der Waals surface area contributed by atoms with Gasteiger partial charge in [-0.15, -0.1) is 0 Å². The van der Waals surface area contributed by atoms with Crippen molar-refractivity contribution < 1.29 is 9.47 Å². The van der Waals surface area contributed by atoms with Gasteiger partial charge in [-0.2, -0.15) is 0 Å². The molecule has 0 aliphatic rings. The van der Waals surface area contributed by atoms with E-state index in [1.165, 1.54) is 0 Å². The number of benzene rings is 6. The van der Waals surface area contributed by atoms with Crippen molar-refractivity contribution in [3.8, 4) is 67.1 Å². The van der Waals surface area contributed by atoms with Crippen molar-refractivity contribution in [1.82, 2.24) is 0 Å². The van der Waals surface area contributed by atoms with Gasteiger partial charge >= 0.3 is 0 Å². The molecule has 0 aliphatic heterocycles. The van der Waals surface area contributed by atoms with Crippen LogP contribution < -0.4 is 9.47 Å². The van der Waals surface area contributed by atoms with E-state index in [-0.39, 0.29) is 0 Å². The summed E-state index contributed by atoms with van der Waals surface area (Å²) in [5, 5.41) is 1.25. The number of ether oxygens (including phenoxy) is 2. The molecule has 6 aromatic rings. The highest BCUT2D eigenvalue weighted by Crippen LogP contribution is 2.54. The lowest BCUT2D eigenvalue weighted by atomic mass is 9.82. The molecular weight excluding hydrogens is 672 g/mol. The predicted molar refractivity (Wildman–Crippen MR) is 192 cm³/mol. The lowest BCUT2D eigenvalue weighted by Crippen LogP contribution is -2.05. The summed E-state index contributed by atoms with van der Waals surface area (Å²) in [5.41, 5.74) is 13.1. The number of alkyl halides is 2. The highest BCUT2D eigenvalue weighted by Gasteiger charge is 2.29. The SMILES string of the molecule is COc1c(-c2ccccc2)cc(-c2ccccc2)c(CBr)c1-c1c(CBr)c(-c2ccccc2)cc(-c2ccccc2)c1OC. The first-order valence-electron chi connectivity index (χ1n) is 14.5. The Kier molecular flexibility index (Phi) is 9.30. The molecule has 0 amide bonds. The Hall–Kier alpha value is -4.12. The maximum absolute atomic E-state index is 6.42. The van der Waals surface area contributed by atoms with Gasteiger partial charge in [-0.25, -0.2) is 0 Å². The summed E-state index contributed by atoms with van der Waals surface area (Å²) in [7, 11) is 3.54. The fourth-order valence-electron chi connectivity index (χ4n) is 6.05. The predicted octanol–water partition coefficient (Wildman–Crippen LogP) is 11.8. The molecular formula is C40H32Br2O2. The second-order valence-electron chi connectivity index (χ2n) is 10.4. The van der Waals surface area contributed by atoms with Gasteiger partial charge in [0.1, 0.15) is 11.5 Å². The Morgan fingerprint density at radius 3 is 0.932 bits per heavy atom. The smallest absolute Gasteiger partial charge is 0.135 e. The fourth-order valence-corrected chi connectivity index (χ4v) is 7.22. The number of halogens is 2. The topological polar surface area (TPSA) is 18.5 Å². The number of rotatable bonds is 9. The van der Waals surface area contributed by atoms with Crippen molar-refractivity contribution in [2.45, 2.75) is 10.7 Å². The normalized spacial score (nSPS) is 10.9. The van der Waals surface area contributed by atoms with Crippen LogP contribution in [0.3, 0.4) is 0 Å². The molecule has 0 fully saturated rings. The lowest BCUT2D eigenvalue weighted by Gasteiger charge is -2.27. The van der Waals surface area contributed by atoms with Crippen LogP contribution >= 0.6 is 31.9 Å². The van der Waals surface area contributed by atoms with Crippen molar-refractivity contribution >= 4 is 31.9 Å². The van der Waals surface area contributed by atoms with Gasteiger partial charge in [-0.3, -0.25) is 0 Å². The summed E-state index contributed by atoms with van der Waals surface area (Å²) in [6.45, 7) is 0. The maximum Gasteiger partial charge on any atom is 0.135 e. The minimum Gasteiger partial charge on any atom is -0.495 e. The van der Waals surface area contributed by atoms with Gasteiger partial charge in [-0.1, -0.05) is 153 Å². The van der Waals surface area contributed by atoms with E-state index >= 15 is 0 Å². The minimum atomic E-state index is 0.624. The van der Waals surface area contributed by atoms with Gasteiger partial charge in [0.2, 0.25) is 0 Å². The molecule has 0 N–H and O–H groups in total. The first-order chi connectivity index (χ1) is 21.7. The summed E-state index contributed by atoms with van der Waals surface area (Å²) in [5.74, 6) is 1.63. The van der Waals surface area contributed by atoms with E-state index in [2.05, 4.69) is 153 Å². The molecule has 6 rings (SSSR count). The van der Waals surface area contributed by atoms with E-state index in [1.807, 2.05) is 12.1 Å². The summed E-state index contributed by atoms with van der Waals surface area (Å²) < 4.78 is 12.8. The average Bonchev–Trinajstić information content (AvgIpc) is 3.11. The van der Waals surface area contributed by atoms with Gasteiger partial charge < -0.3 is 9.47 Å². The zero-order valence-corrected chi connectivity index (χ0v) is 27.9. The minimum absolute atomic E-state index is 0.624. The van der Waals surface area contributed by atoms with Gasteiger partial charge in [0.25, 0.3) is 0 Å². The highest BCUT2D eigenvalue weighted by molar-refractivity contribution is 9.08.